The van der Waals surface area contributed by atoms with Crippen molar-refractivity contribution in [2.24, 2.45) is 5.92 Å². The van der Waals surface area contributed by atoms with Crippen LogP contribution in [0.1, 0.15) is 12.2 Å². The summed E-state index contributed by atoms with van der Waals surface area (Å²) in [5, 5.41) is 8.50. The van der Waals surface area contributed by atoms with Gasteiger partial charge in [-0.1, -0.05) is 11.8 Å². The Kier molecular flexibility index (Phi) is 3.08. The highest BCUT2D eigenvalue weighted by atomic mass is 35.5. The molecule has 0 aliphatic heterocycles. The molecular formula is C11H10Cl2N2O2S. The van der Waals surface area contributed by atoms with E-state index in [-0.39, 0.29) is 0 Å². The second-order valence-corrected chi connectivity index (χ2v) is 6.75. The van der Waals surface area contributed by atoms with Gasteiger partial charge in [0.05, 0.1) is 11.8 Å². The molecule has 0 saturated heterocycles. The van der Waals surface area contributed by atoms with Gasteiger partial charge in [0.15, 0.2) is 0 Å². The molecule has 0 aromatic carbocycles. The summed E-state index contributed by atoms with van der Waals surface area (Å²) in [7, 11) is 0. The Morgan fingerprint density at radius 2 is 2.28 bits per heavy atom. The van der Waals surface area contributed by atoms with E-state index in [1.165, 1.54) is 11.8 Å². The van der Waals surface area contributed by atoms with Gasteiger partial charge in [-0.25, -0.2) is 0 Å². The highest BCUT2D eigenvalue weighted by molar-refractivity contribution is 7.99. The van der Waals surface area contributed by atoms with Gasteiger partial charge in [0.1, 0.15) is 10.1 Å². The maximum absolute atomic E-state index is 5.95. The molecule has 0 spiro atoms. The molecule has 3 rings (SSSR count). The normalized spacial score (nSPS) is 21.2. The summed E-state index contributed by atoms with van der Waals surface area (Å²) in [4.78, 5) is 0. The zero-order chi connectivity index (χ0) is 12.8. The molecule has 2 aromatic rings. The van der Waals surface area contributed by atoms with Gasteiger partial charge in [0, 0.05) is 11.7 Å². The fourth-order valence-electron chi connectivity index (χ4n) is 1.61. The van der Waals surface area contributed by atoms with Crippen LogP contribution in [0.15, 0.2) is 26.4 Å². The van der Waals surface area contributed by atoms with Crippen molar-refractivity contribution in [1.29, 1.82) is 0 Å². The number of aromatic nitrogens is 2. The van der Waals surface area contributed by atoms with Gasteiger partial charge in [-0.15, -0.1) is 33.4 Å². The summed E-state index contributed by atoms with van der Waals surface area (Å²) in [6.07, 6.45) is 2.42. The van der Waals surface area contributed by atoms with Gasteiger partial charge in [-0.2, -0.15) is 0 Å². The van der Waals surface area contributed by atoms with Gasteiger partial charge >= 0.3 is 0 Å². The molecule has 7 heteroatoms. The lowest BCUT2D eigenvalue weighted by Crippen LogP contribution is -1.92. The monoisotopic (exact) mass is 304 g/mol. The lowest BCUT2D eigenvalue weighted by Gasteiger charge is -1.96. The van der Waals surface area contributed by atoms with Crippen LogP contribution in [0.4, 0.5) is 0 Å². The topological polar surface area (TPSA) is 52.1 Å². The van der Waals surface area contributed by atoms with Crippen LogP contribution in [0, 0.1) is 12.8 Å². The van der Waals surface area contributed by atoms with Crippen molar-refractivity contribution in [3.05, 3.63) is 18.1 Å². The molecule has 4 nitrogen and oxygen atoms in total. The fraction of sp³-hybridized carbons (Fsp3) is 0.455. The predicted octanol–water partition coefficient (Wildman–Crippen LogP) is 3.92. The molecule has 1 fully saturated rings. The number of alkyl halides is 2. The first kappa shape index (κ1) is 12.4. The second kappa shape index (κ2) is 4.47. The maximum Gasteiger partial charge on any atom is 0.276 e. The number of hydrogen-bond acceptors (Lipinski definition) is 5. The zero-order valence-electron chi connectivity index (χ0n) is 9.52. The largest absolute Gasteiger partial charge is 0.469 e. The van der Waals surface area contributed by atoms with Crippen molar-refractivity contribution in [2.45, 2.75) is 22.9 Å². The average Bonchev–Trinajstić information content (AvgIpc) is 2.76. The molecule has 1 aliphatic carbocycles. The summed E-state index contributed by atoms with van der Waals surface area (Å²) in [5.41, 5.74) is 0.824. The minimum absolute atomic E-state index is 0.303. The number of halogens is 2. The Morgan fingerprint density at radius 3 is 2.89 bits per heavy atom. The third-order valence-corrected chi connectivity index (χ3v) is 4.77. The first-order valence-electron chi connectivity index (χ1n) is 5.45. The standard InChI is InChI=1S/C11H10Cl2N2O2S/c1-6-8(2-3-16-6)9-14-15-10(17-9)18-5-7-4-11(7,12)13/h2-3,7H,4-5H2,1H3/t7-/m0/s1. The van der Waals surface area contributed by atoms with Crippen LogP contribution < -0.4 is 0 Å². The molecular weight excluding hydrogens is 295 g/mol. The quantitative estimate of drug-likeness (QED) is 0.633. The van der Waals surface area contributed by atoms with Gasteiger partial charge in [-0.3, -0.25) is 0 Å². The minimum Gasteiger partial charge on any atom is -0.469 e. The Morgan fingerprint density at radius 1 is 1.50 bits per heavy atom. The van der Waals surface area contributed by atoms with E-state index >= 15 is 0 Å². The van der Waals surface area contributed by atoms with Crippen LogP contribution in [-0.4, -0.2) is 20.3 Å². The molecule has 0 unspecified atom stereocenters. The molecule has 0 N–H and O–H groups in total. The van der Waals surface area contributed by atoms with Gasteiger partial charge in [0.2, 0.25) is 0 Å². The summed E-state index contributed by atoms with van der Waals surface area (Å²) in [6, 6.07) is 1.81. The van der Waals surface area contributed by atoms with E-state index < -0.39 is 4.33 Å². The molecule has 0 amide bonds. The second-order valence-electron chi connectivity index (χ2n) is 4.24. The highest BCUT2D eigenvalue weighted by Gasteiger charge is 2.51. The first-order chi connectivity index (χ1) is 8.56. The highest BCUT2D eigenvalue weighted by Crippen LogP contribution is 2.54. The van der Waals surface area contributed by atoms with E-state index in [0.717, 1.165) is 23.5 Å². The lowest BCUT2D eigenvalue weighted by molar-refractivity contribution is 0.463. The van der Waals surface area contributed by atoms with Crippen LogP contribution in [0.3, 0.4) is 0 Å². The number of nitrogens with zero attached hydrogens (tertiary/aromatic N) is 2. The van der Waals surface area contributed by atoms with Gasteiger partial charge < -0.3 is 8.83 Å². The minimum atomic E-state index is -0.559. The predicted molar refractivity (Wildman–Crippen MR) is 70.0 cm³/mol. The van der Waals surface area contributed by atoms with Crippen molar-refractivity contribution >= 4 is 35.0 Å². The Hall–Kier alpha value is -0.650. The van der Waals surface area contributed by atoms with E-state index in [2.05, 4.69) is 10.2 Å². The third-order valence-electron chi connectivity index (χ3n) is 2.86. The Labute approximate surface area is 118 Å². The van der Waals surface area contributed by atoms with Gasteiger partial charge in [-0.05, 0) is 19.4 Å². The van der Waals surface area contributed by atoms with E-state index in [9.17, 15) is 0 Å². The van der Waals surface area contributed by atoms with Crippen molar-refractivity contribution in [3.8, 4) is 11.5 Å². The molecule has 96 valence electrons. The summed E-state index contributed by atoms with van der Waals surface area (Å²) in [5.74, 6) is 2.33. The molecule has 1 aliphatic rings. The lowest BCUT2D eigenvalue weighted by atomic mass is 10.3. The summed E-state index contributed by atoms with van der Waals surface area (Å²) < 4.78 is 10.2. The van der Waals surface area contributed by atoms with Crippen LogP contribution in [0.2, 0.25) is 0 Å². The molecule has 2 aromatic heterocycles. The van der Waals surface area contributed by atoms with Crippen LogP contribution in [0.5, 0.6) is 0 Å². The van der Waals surface area contributed by atoms with Crippen LogP contribution >= 0.6 is 35.0 Å². The zero-order valence-corrected chi connectivity index (χ0v) is 11.8. The third kappa shape index (κ3) is 2.39. The number of rotatable bonds is 4. The number of hydrogen-bond donors (Lipinski definition) is 0. The van der Waals surface area contributed by atoms with Crippen LogP contribution in [0.25, 0.3) is 11.5 Å². The summed E-state index contributed by atoms with van der Waals surface area (Å²) >= 11 is 13.4. The summed E-state index contributed by atoms with van der Waals surface area (Å²) in [6.45, 7) is 1.85. The van der Waals surface area contributed by atoms with E-state index in [1.54, 1.807) is 12.3 Å². The smallest absolute Gasteiger partial charge is 0.276 e. The Bertz CT molecular complexity index is 567. The van der Waals surface area contributed by atoms with Crippen LogP contribution in [-0.2, 0) is 0 Å². The number of aryl methyl sites for hydroxylation is 1. The number of thioether (sulfide) groups is 1. The van der Waals surface area contributed by atoms with E-state index in [0.29, 0.717) is 17.0 Å². The van der Waals surface area contributed by atoms with Gasteiger partial charge in [0.25, 0.3) is 11.1 Å². The maximum atomic E-state index is 5.95. The molecule has 0 radical (unpaired) electrons. The van der Waals surface area contributed by atoms with E-state index in [4.69, 9.17) is 32.0 Å². The van der Waals surface area contributed by atoms with Crippen molar-refractivity contribution < 1.29 is 8.83 Å². The molecule has 2 heterocycles. The Balaban J connectivity index is 1.65. The number of furan rings is 1. The fourth-order valence-corrected chi connectivity index (χ4v) is 3.30. The van der Waals surface area contributed by atoms with Crippen molar-refractivity contribution in [3.63, 3.8) is 0 Å². The van der Waals surface area contributed by atoms with Crippen molar-refractivity contribution in [2.75, 3.05) is 5.75 Å². The molecule has 0 bridgehead atoms. The first-order valence-corrected chi connectivity index (χ1v) is 7.19. The molecule has 1 atom stereocenters. The SMILES string of the molecule is Cc1occc1-c1nnc(SC[C@@H]2CC2(Cl)Cl)o1. The van der Waals surface area contributed by atoms with Crippen molar-refractivity contribution in [1.82, 2.24) is 10.2 Å². The van der Waals surface area contributed by atoms with E-state index in [1.807, 2.05) is 6.92 Å². The molecule has 1 saturated carbocycles. The average molecular weight is 305 g/mol. The molecule has 18 heavy (non-hydrogen) atoms.